The number of aliphatic carboxylic acids is 1. The first kappa shape index (κ1) is 8.87. The van der Waals surface area contributed by atoms with Gasteiger partial charge in [-0.1, -0.05) is 0 Å². The van der Waals surface area contributed by atoms with Gasteiger partial charge in [-0.3, -0.25) is 4.79 Å². The first-order valence-corrected chi connectivity index (χ1v) is 4.50. The number of carboxylic acids is 1. The zero-order chi connectivity index (χ0) is 8.48. The molecule has 0 aliphatic carbocycles. The van der Waals surface area contributed by atoms with E-state index in [0.29, 0.717) is 0 Å². The highest BCUT2D eigenvalue weighted by Crippen LogP contribution is 2.33. The quantitative estimate of drug-likeness (QED) is 0.654. The van der Waals surface area contributed by atoms with Crippen molar-refractivity contribution in [1.82, 2.24) is 5.32 Å². The molecule has 1 saturated heterocycles. The van der Waals surface area contributed by atoms with Crippen LogP contribution < -0.4 is 5.32 Å². The Morgan fingerprint density at radius 3 is 2.82 bits per heavy atom. The fourth-order valence-electron chi connectivity index (χ4n) is 1.10. The van der Waals surface area contributed by atoms with Crippen molar-refractivity contribution >= 4 is 17.7 Å². The summed E-state index contributed by atoms with van der Waals surface area (Å²) in [6.07, 6.45) is 0.216. The lowest BCUT2D eigenvalue weighted by Crippen LogP contribution is -2.25. The average Bonchev–Trinajstić information content (AvgIpc) is 2.08. The molecule has 0 bridgehead atoms. The molecule has 0 amide bonds. The number of nitrogens with one attached hydrogen (secondary N) is 1. The van der Waals surface area contributed by atoms with Crippen molar-refractivity contribution in [1.29, 1.82) is 0 Å². The van der Waals surface area contributed by atoms with Crippen LogP contribution in [0.4, 0.5) is 0 Å². The monoisotopic (exact) mass is 175 g/mol. The van der Waals surface area contributed by atoms with E-state index >= 15 is 0 Å². The third-order valence-electron chi connectivity index (χ3n) is 1.58. The van der Waals surface area contributed by atoms with Crippen LogP contribution in [-0.4, -0.2) is 27.7 Å². The minimum absolute atomic E-state index is 0.0995. The van der Waals surface area contributed by atoms with Crippen LogP contribution in [0, 0.1) is 0 Å². The van der Waals surface area contributed by atoms with Crippen LogP contribution >= 0.6 is 11.8 Å². The predicted molar refractivity (Wildman–Crippen MR) is 45.7 cm³/mol. The summed E-state index contributed by atoms with van der Waals surface area (Å²) in [5.41, 5.74) is 0. The van der Waals surface area contributed by atoms with Gasteiger partial charge in [0.25, 0.3) is 0 Å². The standard InChI is InChI=1S/C7H13NO2S/c1-7(2)4-8-5(11-7)3-6(9)10/h5,8H,3-4H2,1-2H3,(H,9,10)/t5-/m1/s1. The van der Waals surface area contributed by atoms with Gasteiger partial charge in [-0.05, 0) is 13.8 Å². The van der Waals surface area contributed by atoms with Crippen molar-refractivity contribution in [2.24, 2.45) is 0 Å². The Hall–Kier alpha value is -0.220. The summed E-state index contributed by atoms with van der Waals surface area (Å²) in [6.45, 7) is 5.13. The Labute approximate surface area is 70.6 Å². The van der Waals surface area contributed by atoms with Gasteiger partial charge in [0.1, 0.15) is 0 Å². The molecular formula is C7H13NO2S. The first-order valence-electron chi connectivity index (χ1n) is 3.63. The van der Waals surface area contributed by atoms with Crippen molar-refractivity contribution in [2.45, 2.75) is 30.4 Å². The molecule has 1 fully saturated rings. The molecule has 11 heavy (non-hydrogen) atoms. The number of hydrogen-bond donors (Lipinski definition) is 2. The molecule has 1 rings (SSSR count). The zero-order valence-electron chi connectivity index (χ0n) is 6.76. The molecule has 0 spiro atoms. The summed E-state index contributed by atoms with van der Waals surface area (Å²) in [5.74, 6) is -0.729. The van der Waals surface area contributed by atoms with Crippen LogP contribution in [0.5, 0.6) is 0 Å². The molecule has 64 valence electrons. The third kappa shape index (κ3) is 2.71. The van der Waals surface area contributed by atoms with Gasteiger partial charge in [-0.2, -0.15) is 0 Å². The highest BCUT2D eigenvalue weighted by molar-refractivity contribution is 8.01. The summed E-state index contributed by atoms with van der Waals surface area (Å²) >= 11 is 1.70. The molecule has 0 saturated carbocycles. The second-order valence-corrected chi connectivity index (χ2v) is 5.25. The number of carboxylic acid groups (broad SMARTS) is 1. The number of carbonyl (C=O) groups is 1. The lowest BCUT2D eigenvalue weighted by Gasteiger charge is -2.13. The first-order chi connectivity index (χ1) is 4.99. The maximum atomic E-state index is 10.3. The second-order valence-electron chi connectivity index (χ2n) is 3.34. The summed E-state index contributed by atoms with van der Waals surface area (Å²) in [7, 11) is 0. The molecule has 0 aromatic carbocycles. The smallest absolute Gasteiger partial charge is 0.305 e. The van der Waals surface area contributed by atoms with Gasteiger partial charge in [-0.15, -0.1) is 11.8 Å². The van der Waals surface area contributed by atoms with E-state index in [9.17, 15) is 4.79 Å². The third-order valence-corrected chi connectivity index (χ3v) is 2.98. The van der Waals surface area contributed by atoms with E-state index in [-0.39, 0.29) is 16.5 Å². The summed E-state index contributed by atoms with van der Waals surface area (Å²) in [4.78, 5) is 10.3. The van der Waals surface area contributed by atoms with Crippen molar-refractivity contribution in [2.75, 3.05) is 6.54 Å². The summed E-state index contributed by atoms with van der Waals surface area (Å²) in [6, 6.07) is 0. The van der Waals surface area contributed by atoms with Gasteiger partial charge in [0.15, 0.2) is 0 Å². The van der Waals surface area contributed by atoms with E-state index in [0.717, 1.165) is 6.54 Å². The highest BCUT2D eigenvalue weighted by Gasteiger charge is 2.32. The number of thioether (sulfide) groups is 1. The predicted octanol–water partition coefficient (Wildman–Crippen LogP) is 0.902. The molecule has 1 heterocycles. The van der Waals surface area contributed by atoms with Gasteiger partial charge in [0.2, 0.25) is 0 Å². The fourth-order valence-corrected chi connectivity index (χ4v) is 2.43. The molecule has 0 unspecified atom stereocenters. The molecule has 0 radical (unpaired) electrons. The van der Waals surface area contributed by atoms with Gasteiger partial charge in [-0.25, -0.2) is 0 Å². The molecule has 4 heteroatoms. The molecule has 2 N–H and O–H groups in total. The summed E-state index contributed by atoms with van der Waals surface area (Å²) in [5, 5.41) is 11.8. The normalized spacial score (nSPS) is 28.7. The maximum absolute atomic E-state index is 10.3. The van der Waals surface area contributed by atoms with Gasteiger partial charge >= 0.3 is 5.97 Å². The topological polar surface area (TPSA) is 49.3 Å². The molecular weight excluding hydrogens is 162 g/mol. The van der Waals surface area contributed by atoms with Crippen LogP contribution in [0.3, 0.4) is 0 Å². The Bertz CT molecular complexity index is 170. The largest absolute Gasteiger partial charge is 0.481 e. The van der Waals surface area contributed by atoms with E-state index in [4.69, 9.17) is 5.11 Å². The second kappa shape index (κ2) is 3.03. The van der Waals surface area contributed by atoms with Gasteiger partial charge in [0, 0.05) is 11.3 Å². The van der Waals surface area contributed by atoms with E-state index in [1.165, 1.54) is 0 Å². The molecule has 0 aromatic heterocycles. The Balaban J connectivity index is 2.36. The van der Waals surface area contributed by atoms with E-state index in [1.54, 1.807) is 11.8 Å². The molecule has 1 aliphatic heterocycles. The van der Waals surface area contributed by atoms with Crippen molar-refractivity contribution in [3.05, 3.63) is 0 Å². The van der Waals surface area contributed by atoms with E-state index < -0.39 is 5.97 Å². The number of hydrogen-bond acceptors (Lipinski definition) is 3. The molecule has 1 aliphatic rings. The van der Waals surface area contributed by atoms with Crippen LogP contribution in [-0.2, 0) is 4.79 Å². The summed E-state index contributed by atoms with van der Waals surface area (Å²) < 4.78 is 0.195. The SMILES string of the molecule is CC1(C)CN[C@@H](CC(=O)O)S1. The molecule has 1 atom stereocenters. The average molecular weight is 175 g/mol. The lowest BCUT2D eigenvalue weighted by molar-refractivity contribution is -0.137. The van der Waals surface area contributed by atoms with Crippen LogP contribution in [0.1, 0.15) is 20.3 Å². The lowest BCUT2D eigenvalue weighted by atomic mass is 10.2. The minimum atomic E-state index is -0.729. The van der Waals surface area contributed by atoms with E-state index in [1.807, 2.05) is 0 Å². The molecule has 0 aromatic rings. The van der Waals surface area contributed by atoms with Gasteiger partial charge in [0.05, 0.1) is 11.8 Å². The van der Waals surface area contributed by atoms with Crippen LogP contribution in [0.2, 0.25) is 0 Å². The maximum Gasteiger partial charge on any atom is 0.305 e. The highest BCUT2D eigenvalue weighted by atomic mass is 32.2. The van der Waals surface area contributed by atoms with Crippen molar-refractivity contribution < 1.29 is 9.90 Å². The van der Waals surface area contributed by atoms with Gasteiger partial charge < -0.3 is 10.4 Å². The Morgan fingerprint density at radius 2 is 2.45 bits per heavy atom. The molecule has 3 nitrogen and oxygen atoms in total. The van der Waals surface area contributed by atoms with Crippen molar-refractivity contribution in [3.8, 4) is 0 Å². The number of rotatable bonds is 2. The zero-order valence-corrected chi connectivity index (χ0v) is 7.57. The van der Waals surface area contributed by atoms with Crippen molar-refractivity contribution in [3.63, 3.8) is 0 Å². The Kier molecular flexibility index (Phi) is 2.44. The minimum Gasteiger partial charge on any atom is -0.481 e. The van der Waals surface area contributed by atoms with E-state index in [2.05, 4.69) is 19.2 Å². The van der Waals surface area contributed by atoms with Crippen LogP contribution in [0.15, 0.2) is 0 Å². The Morgan fingerprint density at radius 1 is 1.82 bits per heavy atom. The fraction of sp³-hybridized carbons (Fsp3) is 0.857. The van der Waals surface area contributed by atoms with Crippen LogP contribution in [0.25, 0.3) is 0 Å².